The van der Waals surface area contributed by atoms with Gasteiger partial charge in [0.1, 0.15) is 5.69 Å². The van der Waals surface area contributed by atoms with Crippen molar-refractivity contribution < 1.29 is 18.4 Å². The molecule has 2 atom stereocenters. The number of hydrogen-bond donors (Lipinski definition) is 2. The van der Waals surface area contributed by atoms with Gasteiger partial charge in [0.2, 0.25) is 0 Å². The fourth-order valence-electron chi connectivity index (χ4n) is 3.64. The minimum Gasteiger partial charge on any atom is -0.391 e. The molecular formula is C20H25N3O5S. The summed E-state index contributed by atoms with van der Waals surface area (Å²) < 4.78 is 27.5. The number of nitrogens with one attached hydrogen (secondary N) is 1. The van der Waals surface area contributed by atoms with Gasteiger partial charge in [-0.05, 0) is 44.0 Å². The number of nitro groups is 1. The van der Waals surface area contributed by atoms with E-state index in [2.05, 4.69) is 5.32 Å². The molecule has 1 fully saturated rings. The summed E-state index contributed by atoms with van der Waals surface area (Å²) in [5.74, 6) is 0. The van der Waals surface area contributed by atoms with Crippen LogP contribution in [0.3, 0.4) is 0 Å². The van der Waals surface area contributed by atoms with Crippen LogP contribution in [0.5, 0.6) is 0 Å². The van der Waals surface area contributed by atoms with Gasteiger partial charge < -0.3 is 10.4 Å². The molecule has 2 aromatic rings. The van der Waals surface area contributed by atoms with Gasteiger partial charge in [-0.15, -0.1) is 0 Å². The summed E-state index contributed by atoms with van der Waals surface area (Å²) in [6.07, 6.45) is 2.61. The minimum absolute atomic E-state index is 0.148. The molecule has 1 aliphatic carbocycles. The van der Waals surface area contributed by atoms with Gasteiger partial charge in [0, 0.05) is 12.6 Å². The second kappa shape index (κ2) is 8.79. The van der Waals surface area contributed by atoms with Crippen molar-refractivity contribution in [3.8, 4) is 0 Å². The first-order valence-electron chi connectivity index (χ1n) is 9.65. The van der Waals surface area contributed by atoms with Gasteiger partial charge in [0.05, 0.1) is 27.7 Å². The average Bonchev–Trinajstić information content (AvgIpc) is 2.71. The average molecular weight is 420 g/mol. The van der Waals surface area contributed by atoms with Gasteiger partial charge in [-0.3, -0.25) is 14.4 Å². The smallest absolute Gasteiger partial charge is 0.293 e. The summed E-state index contributed by atoms with van der Waals surface area (Å²) in [6, 6.07) is 12.2. The largest absolute Gasteiger partial charge is 0.391 e. The van der Waals surface area contributed by atoms with Gasteiger partial charge in [-0.2, -0.15) is 0 Å². The molecule has 9 heteroatoms. The molecule has 0 aromatic heterocycles. The highest BCUT2D eigenvalue weighted by atomic mass is 32.2. The molecule has 0 heterocycles. The van der Waals surface area contributed by atoms with Gasteiger partial charge in [0.25, 0.3) is 15.7 Å². The van der Waals surface area contributed by atoms with Gasteiger partial charge >= 0.3 is 0 Å². The Hall–Kier alpha value is -2.65. The number of benzene rings is 2. The number of anilines is 2. The van der Waals surface area contributed by atoms with Crippen molar-refractivity contribution in [3.63, 3.8) is 0 Å². The molecule has 8 nitrogen and oxygen atoms in total. The van der Waals surface area contributed by atoms with E-state index in [4.69, 9.17) is 0 Å². The second-order valence-electron chi connectivity index (χ2n) is 7.04. The summed E-state index contributed by atoms with van der Waals surface area (Å²) in [5, 5.41) is 24.8. The predicted octanol–water partition coefficient (Wildman–Crippen LogP) is 3.53. The minimum atomic E-state index is -3.97. The number of rotatable bonds is 7. The molecule has 2 N–H and O–H groups in total. The van der Waals surface area contributed by atoms with E-state index < -0.39 is 21.1 Å². The summed E-state index contributed by atoms with van der Waals surface area (Å²) in [6.45, 7) is 1.90. The van der Waals surface area contributed by atoms with E-state index in [-0.39, 0.29) is 28.9 Å². The Bertz CT molecular complexity index is 965. The summed E-state index contributed by atoms with van der Waals surface area (Å²) >= 11 is 0. The fraction of sp³-hybridized carbons (Fsp3) is 0.400. The lowest BCUT2D eigenvalue weighted by Crippen LogP contribution is -2.36. The first-order valence-corrected chi connectivity index (χ1v) is 11.1. The third kappa shape index (κ3) is 4.51. The fourth-order valence-corrected chi connectivity index (χ4v) is 5.13. The molecule has 29 heavy (non-hydrogen) atoms. The van der Waals surface area contributed by atoms with Crippen molar-refractivity contribution >= 4 is 27.1 Å². The van der Waals surface area contributed by atoms with Crippen molar-refractivity contribution in [2.45, 2.75) is 49.6 Å². The van der Waals surface area contributed by atoms with Gasteiger partial charge in [0.15, 0.2) is 0 Å². The van der Waals surface area contributed by atoms with Crippen LogP contribution in [-0.4, -0.2) is 37.1 Å². The lowest BCUT2D eigenvalue weighted by atomic mass is 9.92. The van der Waals surface area contributed by atoms with Gasteiger partial charge in [-0.1, -0.05) is 31.0 Å². The Kier molecular flexibility index (Phi) is 6.39. The maximum absolute atomic E-state index is 13.1. The molecule has 0 spiro atoms. The summed E-state index contributed by atoms with van der Waals surface area (Å²) in [7, 11) is -3.97. The zero-order valence-corrected chi connectivity index (χ0v) is 17.0. The molecule has 3 rings (SSSR count). The molecule has 0 radical (unpaired) electrons. The normalized spacial score (nSPS) is 19.5. The maximum Gasteiger partial charge on any atom is 0.293 e. The first kappa shape index (κ1) is 21.1. The van der Waals surface area contributed by atoms with Crippen LogP contribution in [0.4, 0.5) is 17.1 Å². The number of aliphatic hydroxyl groups excluding tert-OH is 1. The quantitative estimate of drug-likeness (QED) is 0.524. The maximum atomic E-state index is 13.1. The number of sulfonamides is 1. The van der Waals surface area contributed by atoms with E-state index in [0.29, 0.717) is 18.5 Å². The number of nitro benzene ring substituents is 1. The third-order valence-corrected chi connectivity index (χ3v) is 7.05. The molecule has 0 bridgehead atoms. The van der Waals surface area contributed by atoms with Crippen LogP contribution >= 0.6 is 0 Å². The molecular weight excluding hydrogens is 394 g/mol. The van der Waals surface area contributed by atoms with Crippen molar-refractivity contribution in [3.05, 3.63) is 58.6 Å². The SMILES string of the molecule is CCN(c1ccccc1)S(=O)(=O)c1ccc(N[C@H]2CCCC[C@@H]2O)c([N+](=O)[O-])c1. The summed E-state index contributed by atoms with van der Waals surface area (Å²) in [4.78, 5) is 10.9. The predicted molar refractivity (Wildman–Crippen MR) is 112 cm³/mol. The molecule has 0 saturated heterocycles. The van der Waals surface area contributed by atoms with E-state index in [0.717, 1.165) is 18.9 Å². The highest BCUT2D eigenvalue weighted by Crippen LogP contribution is 2.32. The standard InChI is InChI=1S/C20H25N3O5S/c1-2-22(15-8-4-3-5-9-15)29(27,28)16-12-13-17(19(14-16)23(25)26)21-18-10-6-7-11-20(18)24/h3-5,8-9,12-14,18,20-21,24H,2,6-7,10-11H2,1H3/t18-,20-/m0/s1. The monoisotopic (exact) mass is 419 g/mol. The van der Waals surface area contributed by atoms with E-state index in [9.17, 15) is 23.6 Å². The first-order chi connectivity index (χ1) is 13.8. The van der Waals surface area contributed by atoms with Crippen LogP contribution in [0.25, 0.3) is 0 Å². The van der Waals surface area contributed by atoms with Crippen molar-refractivity contribution in [2.75, 3.05) is 16.2 Å². The molecule has 1 aliphatic rings. The van der Waals surface area contributed by atoms with E-state index in [1.54, 1.807) is 37.3 Å². The number of aliphatic hydroxyl groups is 1. The lowest BCUT2D eigenvalue weighted by molar-refractivity contribution is -0.384. The highest BCUT2D eigenvalue weighted by Gasteiger charge is 2.29. The molecule has 2 aromatic carbocycles. The Labute approximate surface area is 170 Å². The molecule has 156 valence electrons. The van der Waals surface area contributed by atoms with E-state index >= 15 is 0 Å². The van der Waals surface area contributed by atoms with Crippen LogP contribution in [0.15, 0.2) is 53.4 Å². The lowest BCUT2D eigenvalue weighted by Gasteiger charge is -2.29. The van der Waals surface area contributed by atoms with Crippen LogP contribution < -0.4 is 9.62 Å². The number of hydrogen-bond acceptors (Lipinski definition) is 6. The van der Waals surface area contributed by atoms with Gasteiger partial charge in [-0.25, -0.2) is 8.42 Å². The molecule has 0 unspecified atom stereocenters. The Morgan fingerprint density at radius 3 is 2.48 bits per heavy atom. The van der Waals surface area contributed by atoms with Crippen molar-refractivity contribution in [1.29, 1.82) is 0 Å². The Balaban J connectivity index is 1.96. The Morgan fingerprint density at radius 2 is 1.86 bits per heavy atom. The van der Waals surface area contributed by atoms with Crippen LogP contribution in [0.2, 0.25) is 0 Å². The van der Waals surface area contributed by atoms with Crippen LogP contribution in [0.1, 0.15) is 32.6 Å². The number of nitrogens with zero attached hydrogens (tertiary/aromatic N) is 2. The number of para-hydroxylation sites is 1. The van der Waals surface area contributed by atoms with Crippen LogP contribution in [-0.2, 0) is 10.0 Å². The van der Waals surface area contributed by atoms with E-state index in [1.807, 2.05) is 0 Å². The van der Waals surface area contributed by atoms with E-state index in [1.165, 1.54) is 16.4 Å². The second-order valence-corrected chi connectivity index (χ2v) is 8.91. The van der Waals surface area contributed by atoms with Crippen molar-refractivity contribution in [1.82, 2.24) is 0 Å². The zero-order valence-electron chi connectivity index (χ0n) is 16.2. The molecule has 1 saturated carbocycles. The van der Waals surface area contributed by atoms with Crippen LogP contribution in [0, 0.1) is 10.1 Å². The molecule has 0 amide bonds. The Morgan fingerprint density at radius 1 is 1.17 bits per heavy atom. The topological polar surface area (TPSA) is 113 Å². The molecule has 0 aliphatic heterocycles. The highest BCUT2D eigenvalue weighted by molar-refractivity contribution is 7.92. The van der Waals surface area contributed by atoms with Crippen molar-refractivity contribution in [2.24, 2.45) is 0 Å². The zero-order chi connectivity index (χ0) is 21.0. The summed E-state index contributed by atoms with van der Waals surface area (Å²) in [5.41, 5.74) is 0.376. The third-order valence-electron chi connectivity index (χ3n) is 5.16.